The average Bonchev–Trinajstić information content (AvgIpc) is 2.64. The van der Waals surface area contributed by atoms with Gasteiger partial charge in [-0.2, -0.15) is 13.2 Å². The Morgan fingerprint density at radius 1 is 1.12 bits per heavy atom. The summed E-state index contributed by atoms with van der Waals surface area (Å²) in [7, 11) is 0. The lowest BCUT2D eigenvalue weighted by atomic mass is 10.2. The van der Waals surface area contributed by atoms with Gasteiger partial charge in [0.2, 0.25) is 0 Å². The number of carboxylic acid groups (broad SMARTS) is 1. The summed E-state index contributed by atoms with van der Waals surface area (Å²) in [5.41, 5.74) is 0. The van der Waals surface area contributed by atoms with E-state index >= 15 is 0 Å². The highest BCUT2D eigenvalue weighted by atomic mass is 19.4. The average molecular weight is 232 g/mol. The topological polar surface area (TPSA) is 50.4 Å². The molecule has 0 fully saturated rings. The fourth-order valence-electron chi connectivity index (χ4n) is 0.906. The molecule has 0 saturated heterocycles. The molecule has 1 heterocycles. The minimum absolute atomic E-state index is 1.16. The number of carbonyl (C=O) groups is 1. The first-order valence-corrected chi connectivity index (χ1v) is 4.12. The lowest BCUT2D eigenvalue weighted by Gasteiger charge is -1.93. The Kier molecular flexibility index (Phi) is 3.55. The third-order valence-corrected chi connectivity index (χ3v) is 1.63. The van der Waals surface area contributed by atoms with E-state index in [1.54, 1.807) is 12.5 Å². The maximum Gasteiger partial charge on any atom is 0.490 e. The van der Waals surface area contributed by atoms with E-state index in [-0.39, 0.29) is 0 Å². The minimum atomic E-state index is -5.08. The van der Waals surface area contributed by atoms with Crippen molar-refractivity contribution in [3.63, 3.8) is 0 Å². The fraction of sp³-hybridized carbons (Fsp3) is 0.100. The van der Waals surface area contributed by atoms with Gasteiger partial charge in [0.1, 0.15) is 0 Å². The number of rotatable bonds is 0. The number of furan rings is 1. The fourth-order valence-corrected chi connectivity index (χ4v) is 0.906. The van der Waals surface area contributed by atoms with Crippen LogP contribution in [0, 0.1) is 0 Å². The largest absolute Gasteiger partial charge is 0.490 e. The molecule has 0 bridgehead atoms. The Morgan fingerprint density at radius 2 is 1.50 bits per heavy atom. The summed E-state index contributed by atoms with van der Waals surface area (Å²) in [6.07, 6.45) is -1.59. The predicted molar refractivity (Wildman–Crippen MR) is 49.9 cm³/mol. The molecule has 0 aliphatic rings. The zero-order chi connectivity index (χ0) is 12.2. The summed E-state index contributed by atoms with van der Waals surface area (Å²) in [5.74, 6) is -2.76. The Labute approximate surface area is 88.1 Å². The highest BCUT2D eigenvalue weighted by molar-refractivity contribution is 5.80. The molecular formula is C10H7F3O3. The summed E-state index contributed by atoms with van der Waals surface area (Å²) in [6, 6.07) is 8.05. The van der Waals surface area contributed by atoms with Crippen molar-refractivity contribution < 1.29 is 27.5 Å². The van der Waals surface area contributed by atoms with Crippen LogP contribution in [-0.2, 0) is 4.79 Å². The number of benzene rings is 1. The molecule has 2 rings (SSSR count). The molecule has 0 aliphatic heterocycles. The van der Waals surface area contributed by atoms with Gasteiger partial charge in [-0.3, -0.25) is 0 Å². The van der Waals surface area contributed by atoms with Crippen molar-refractivity contribution in [3.8, 4) is 0 Å². The van der Waals surface area contributed by atoms with Crippen LogP contribution in [0.5, 0.6) is 0 Å². The zero-order valence-corrected chi connectivity index (χ0v) is 7.86. The van der Waals surface area contributed by atoms with Crippen LogP contribution < -0.4 is 0 Å². The van der Waals surface area contributed by atoms with Crippen molar-refractivity contribution in [2.75, 3.05) is 0 Å². The van der Waals surface area contributed by atoms with Crippen molar-refractivity contribution in [2.24, 2.45) is 0 Å². The summed E-state index contributed by atoms with van der Waals surface area (Å²) in [6.45, 7) is 0. The summed E-state index contributed by atoms with van der Waals surface area (Å²) in [5, 5.41) is 9.45. The van der Waals surface area contributed by atoms with E-state index in [1.807, 2.05) is 24.3 Å². The van der Waals surface area contributed by atoms with E-state index in [4.69, 9.17) is 14.3 Å². The molecule has 2 aromatic rings. The van der Waals surface area contributed by atoms with E-state index in [1.165, 1.54) is 0 Å². The summed E-state index contributed by atoms with van der Waals surface area (Å²) >= 11 is 0. The highest BCUT2D eigenvalue weighted by Crippen LogP contribution is 2.13. The second-order valence-electron chi connectivity index (χ2n) is 2.80. The van der Waals surface area contributed by atoms with Crippen LogP contribution in [0.15, 0.2) is 41.2 Å². The number of fused-ring (bicyclic) bond motifs is 1. The first kappa shape index (κ1) is 12.1. The van der Waals surface area contributed by atoms with Crippen LogP contribution in [0.3, 0.4) is 0 Å². The van der Waals surface area contributed by atoms with E-state index in [9.17, 15) is 13.2 Å². The van der Waals surface area contributed by atoms with E-state index in [0.717, 1.165) is 10.8 Å². The van der Waals surface area contributed by atoms with E-state index < -0.39 is 12.1 Å². The molecule has 0 atom stereocenters. The van der Waals surface area contributed by atoms with Crippen LogP contribution in [0.4, 0.5) is 13.2 Å². The highest BCUT2D eigenvalue weighted by Gasteiger charge is 2.38. The maximum absolute atomic E-state index is 10.6. The Hall–Kier alpha value is -1.98. The number of hydrogen-bond donors (Lipinski definition) is 1. The first-order chi connectivity index (χ1) is 7.41. The van der Waals surface area contributed by atoms with Crippen LogP contribution in [-0.4, -0.2) is 17.3 Å². The first-order valence-electron chi connectivity index (χ1n) is 4.12. The Balaban J connectivity index is 0.000000168. The minimum Gasteiger partial charge on any atom is -0.475 e. The molecule has 0 saturated carbocycles. The SMILES string of the molecule is O=C(O)C(F)(F)F.c1ccc2cocc2c1. The number of carboxylic acids is 1. The van der Waals surface area contributed by atoms with Gasteiger partial charge in [-0.15, -0.1) is 0 Å². The molecule has 1 N–H and O–H groups in total. The lowest BCUT2D eigenvalue weighted by Crippen LogP contribution is -2.21. The van der Waals surface area contributed by atoms with Gasteiger partial charge in [0, 0.05) is 10.8 Å². The molecular weight excluding hydrogens is 225 g/mol. The van der Waals surface area contributed by atoms with Gasteiger partial charge >= 0.3 is 12.1 Å². The van der Waals surface area contributed by atoms with E-state index in [2.05, 4.69) is 0 Å². The number of alkyl halides is 3. The number of aliphatic carboxylic acids is 1. The molecule has 86 valence electrons. The van der Waals surface area contributed by atoms with Crippen LogP contribution in [0.2, 0.25) is 0 Å². The summed E-state index contributed by atoms with van der Waals surface area (Å²) < 4.78 is 36.7. The van der Waals surface area contributed by atoms with E-state index in [0.29, 0.717) is 0 Å². The van der Waals surface area contributed by atoms with Crippen molar-refractivity contribution in [2.45, 2.75) is 6.18 Å². The zero-order valence-electron chi connectivity index (χ0n) is 7.86. The van der Waals surface area contributed by atoms with Gasteiger partial charge in [0.15, 0.2) is 0 Å². The third-order valence-electron chi connectivity index (χ3n) is 1.63. The van der Waals surface area contributed by atoms with Crippen molar-refractivity contribution >= 4 is 16.7 Å². The monoisotopic (exact) mass is 232 g/mol. The molecule has 16 heavy (non-hydrogen) atoms. The molecule has 0 amide bonds. The quantitative estimate of drug-likeness (QED) is 0.759. The van der Waals surface area contributed by atoms with Gasteiger partial charge in [-0.1, -0.05) is 24.3 Å². The second-order valence-corrected chi connectivity index (χ2v) is 2.80. The Morgan fingerprint density at radius 3 is 1.81 bits per heavy atom. The normalized spacial score (nSPS) is 10.7. The molecule has 1 aromatic heterocycles. The molecule has 0 aliphatic carbocycles. The van der Waals surface area contributed by atoms with Gasteiger partial charge in [-0.25, -0.2) is 4.79 Å². The van der Waals surface area contributed by atoms with Gasteiger partial charge in [0.05, 0.1) is 12.5 Å². The molecule has 1 aromatic carbocycles. The van der Waals surface area contributed by atoms with Crippen molar-refractivity contribution in [1.82, 2.24) is 0 Å². The molecule has 0 spiro atoms. The van der Waals surface area contributed by atoms with Gasteiger partial charge in [0.25, 0.3) is 0 Å². The molecule has 3 nitrogen and oxygen atoms in total. The van der Waals surface area contributed by atoms with Crippen LogP contribution in [0.25, 0.3) is 10.8 Å². The molecule has 6 heteroatoms. The molecule has 0 radical (unpaired) electrons. The smallest absolute Gasteiger partial charge is 0.475 e. The maximum atomic E-state index is 10.6. The summed E-state index contributed by atoms with van der Waals surface area (Å²) in [4.78, 5) is 8.90. The van der Waals surface area contributed by atoms with Crippen molar-refractivity contribution in [1.29, 1.82) is 0 Å². The lowest BCUT2D eigenvalue weighted by molar-refractivity contribution is -0.192. The number of halogens is 3. The molecule has 0 unspecified atom stereocenters. The van der Waals surface area contributed by atoms with Crippen LogP contribution in [0.1, 0.15) is 0 Å². The third kappa shape index (κ3) is 3.30. The second kappa shape index (κ2) is 4.69. The van der Waals surface area contributed by atoms with Crippen LogP contribution >= 0.6 is 0 Å². The van der Waals surface area contributed by atoms with Gasteiger partial charge in [-0.05, 0) is 0 Å². The van der Waals surface area contributed by atoms with Gasteiger partial charge < -0.3 is 9.52 Å². The predicted octanol–water partition coefficient (Wildman–Crippen LogP) is 3.07. The number of hydrogen-bond acceptors (Lipinski definition) is 2. The van der Waals surface area contributed by atoms with Crippen molar-refractivity contribution in [3.05, 3.63) is 36.8 Å². The Bertz CT molecular complexity index is 443. The standard InChI is InChI=1S/C8H6O.C2HF3O2/c1-2-4-8-6-9-5-7(8)3-1;3-2(4,5)1(6)7/h1-6H;(H,6,7).